The minimum Gasteiger partial charge on any atom is -0.453 e. The second-order valence-electron chi connectivity index (χ2n) is 29.2. The number of nitrogens with zero attached hydrogens (tertiary/aromatic N) is 8. The molecule has 0 spiro atoms. The van der Waals surface area contributed by atoms with E-state index in [4.69, 9.17) is 9.47 Å². The molecule has 21 aromatic rings. The molecular weight excluding hydrogens is 1450 g/mol. The third kappa shape index (κ3) is 11.7. The predicted octanol–water partition coefficient (Wildman–Crippen LogP) is 26.8. The lowest BCUT2D eigenvalue weighted by Crippen LogP contribution is -2.16. The first-order chi connectivity index (χ1) is 58.3. The van der Waals surface area contributed by atoms with Crippen molar-refractivity contribution in [2.45, 2.75) is 0 Å². The molecule has 118 heavy (non-hydrogen) atoms. The number of nitriles is 2. The Bertz CT molecular complexity index is 6950. The summed E-state index contributed by atoms with van der Waals surface area (Å²) < 4.78 is 21.0. The zero-order valence-corrected chi connectivity index (χ0v) is 63.3. The normalized spacial score (nSPS) is 11.9. The number of carbonyl (C=O) groups is 2. The third-order valence-corrected chi connectivity index (χ3v) is 22.6. The van der Waals surface area contributed by atoms with Crippen molar-refractivity contribution in [3.05, 3.63) is 434 Å². The maximum absolute atomic E-state index is 13.5. The summed E-state index contributed by atoms with van der Waals surface area (Å²) in [5.74, 6) is 3.16. The molecule has 0 saturated carbocycles. The number of fused-ring (bicyclic) bond motifs is 16. The minimum absolute atomic E-state index is 0.0162. The van der Waals surface area contributed by atoms with Gasteiger partial charge in [-0.15, -0.1) is 0 Å². The Morgan fingerprint density at radius 3 is 0.636 bits per heavy atom. The van der Waals surface area contributed by atoms with Gasteiger partial charge in [-0.1, -0.05) is 194 Å². The van der Waals surface area contributed by atoms with Crippen LogP contribution in [0, 0.1) is 22.7 Å². The fourth-order valence-electron chi connectivity index (χ4n) is 17.2. The molecule has 0 N–H and O–H groups in total. The van der Waals surface area contributed by atoms with E-state index in [9.17, 15) is 20.1 Å². The molecule has 0 fully saturated rings. The predicted molar refractivity (Wildman–Crippen MR) is 475 cm³/mol. The van der Waals surface area contributed by atoms with E-state index in [1.54, 1.807) is 0 Å². The molecule has 0 radical (unpaired) electrons. The van der Waals surface area contributed by atoms with Crippen LogP contribution in [-0.2, 0) is 0 Å². The van der Waals surface area contributed by atoms with Crippen LogP contribution in [0.5, 0.6) is 23.0 Å². The van der Waals surface area contributed by atoms with Gasteiger partial charge in [-0.25, -0.2) is 0 Å². The van der Waals surface area contributed by atoms with Gasteiger partial charge in [0.25, 0.3) is 0 Å². The van der Waals surface area contributed by atoms with Crippen molar-refractivity contribution < 1.29 is 19.1 Å². The van der Waals surface area contributed by atoms with Crippen molar-refractivity contribution in [3.63, 3.8) is 0 Å². The summed E-state index contributed by atoms with van der Waals surface area (Å²) in [7, 11) is 0. The average molecular weight is 1520 g/mol. The summed E-state index contributed by atoms with van der Waals surface area (Å²) in [6, 6.07) is 138. The molecule has 2 aliphatic rings. The van der Waals surface area contributed by atoms with E-state index < -0.39 is 0 Å². The van der Waals surface area contributed by atoms with E-state index in [0.717, 1.165) is 134 Å². The van der Waals surface area contributed by atoms with E-state index >= 15 is 0 Å². The van der Waals surface area contributed by atoms with Gasteiger partial charge in [0.05, 0.1) is 89.4 Å². The zero-order valence-electron chi connectivity index (χ0n) is 63.3. The highest BCUT2D eigenvalue weighted by Crippen LogP contribution is 2.52. The van der Waals surface area contributed by atoms with Crippen LogP contribution in [0.3, 0.4) is 0 Å². The van der Waals surface area contributed by atoms with Crippen LogP contribution in [0.1, 0.15) is 43.0 Å². The van der Waals surface area contributed by atoms with Crippen LogP contribution < -0.4 is 19.3 Å². The van der Waals surface area contributed by atoms with Crippen molar-refractivity contribution >= 4 is 133 Å². The first-order valence-corrected chi connectivity index (χ1v) is 39.1. The fraction of sp³-hybridized carbons (Fsp3) is 0. The van der Waals surface area contributed by atoms with Gasteiger partial charge in [-0.05, 0) is 206 Å². The van der Waals surface area contributed by atoms with Crippen molar-refractivity contribution in [3.8, 4) is 57.9 Å². The summed E-state index contributed by atoms with van der Waals surface area (Å²) in [5.41, 5.74) is 21.5. The van der Waals surface area contributed by atoms with Gasteiger partial charge in [-0.2, -0.15) is 10.5 Å². The number of aromatic nitrogens is 4. The summed E-state index contributed by atoms with van der Waals surface area (Å²) >= 11 is 0. The molecule has 0 bridgehead atoms. The Labute approximate surface area is 678 Å². The Morgan fingerprint density at radius 2 is 0.407 bits per heavy atom. The Hall–Kier alpha value is -16.5. The number of rotatable bonds is 10. The molecule has 23 rings (SSSR count). The van der Waals surface area contributed by atoms with Crippen LogP contribution in [0.15, 0.2) is 400 Å². The topological polar surface area (TPSA) is 126 Å². The molecule has 0 aliphatic carbocycles. The lowest BCUT2D eigenvalue weighted by Gasteiger charge is -2.32. The van der Waals surface area contributed by atoms with Crippen molar-refractivity contribution in [1.29, 1.82) is 10.5 Å². The van der Waals surface area contributed by atoms with E-state index in [-0.39, 0.29) is 11.6 Å². The fourth-order valence-corrected chi connectivity index (χ4v) is 17.2. The van der Waals surface area contributed by atoms with Crippen LogP contribution in [0.2, 0.25) is 0 Å². The average Bonchev–Trinajstić information content (AvgIpc) is 1.55. The van der Waals surface area contributed by atoms with Crippen LogP contribution in [0.25, 0.3) is 110 Å². The number of ether oxygens (including phenoxy) is 2. The molecular formula is C106H66N8O4. The molecule has 554 valence electrons. The third-order valence-electron chi connectivity index (χ3n) is 22.6. The highest BCUT2D eigenvalue weighted by Gasteiger charge is 2.29. The second kappa shape index (κ2) is 28.9. The first kappa shape index (κ1) is 69.4. The number of carbonyl (C=O) groups excluding carboxylic acids is 2. The van der Waals surface area contributed by atoms with Gasteiger partial charge in [0.15, 0.2) is 34.6 Å². The summed E-state index contributed by atoms with van der Waals surface area (Å²) in [6.45, 7) is 0. The lowest BCUT2D eigenvalue weighted by molar-refractivity contribution is 0.103. The summed E-state index contributed by atoms with van der Waals surface area (Å²) in [4.78, 5) is 31.3. The van der Waals surface area contributed by atoms with Gasteiger partial charge < -0.3 is 37.5 Å². The molecule has 12 heteroatoms. The first-order valence-electron chi connectivity index (χ1n) is 39.1. The standard InChI is InChI=1S/C37H24N2O3.C37H24N2O.C32H18N4/c40-37(25-17-21-27(22-18-25)38-29-9-1-5-13-33(29)41-34-14-6-2-10-30(34)38)26-19-23-28(24-20-26)39-31-11-3-7-15-35(31)42-36-16-8-4-12-32(36)39;40-37(25-17-21-27(22-18-25)38-33-13-5-1-9-29(33)30-10-2-6-14-34(30)38)26-19-23-28(24-20-26)39-35-15-7-3-11-31(35)32-12-4-8-16-36(32)39;33-19-21-18-32(36-29-15-7-3-11-25(29)26-12-4-8-16-30(26)36)22(20-34)17-31(21)35-27-13-5-1-9-23(27)24-10-2-6-14-28(24)35/h1-24H;1-24H;1-18H. The van der Waals surface area contributed by atoms with Crippen LogP contribution in [0.4, 0.5) is 34.1 Å². The van der Waals surface area contributed by atoms with E-state index in [1.165, 1.54) is 21.5 Å². The molecule has 0 amide bonds. The lowest BCUT2D eigenvalue weighted by atomic mass is 10.0. The largest absolute Gasteiger partial charge is 0.453 e. The highest BCUT2D eigenvalue weighted by atomic mass is 16.5. The van der Waals surface area contributed by atoms with Crippen molar-refractivity contribution in [2.24, 2.45) is 0 Å². The Morgan fingerprint density at radius 1 is 0.212 bits per heavy atom. The van der Waals surface area contributed by atoms with Crippen LogP contribution in [-0.4, -0.2) is 29.8 Å². The quantitative estimate of drug-likeness (QED) is 0.124. The van der Waals surface area contributed by atoms with Crippen molar-refractivity contribution in [1.82, 2.24) is 18.3 Å². The Balaban J connectivity index is 0.000000110. The molecule has 0 unspecified atom stereocenters. The van der Waals surface area contributed by atoms with E-state index in [2.05, 4.69) is 186 Å². The van der Waals surface area contributed by atoms with Crippen molar-refractivity contribution in [2.75, 3.05) is 9.80 Å². The minimum atomic E-state index is -0.0290. The maximum Gasteiger partial charge on any atom is 0.193 e. The number of para-hydroxylation sites is 16. The SMILES string of the molecule is N#Cc1cc(-n2c3ccccc3c3ccccc32)c(C#N)cc1-n1c2ccccc2c2ccccc21.O=C(c1ccc(-n2c3ccccc3c3ccccc32)cc1)c1ccc(-n2c3ccccc3c3ccccc32)cc1.O=C(c1ccc(N2c3ccccc3Oc3ccccc32)cc1)c1ccc(N2c3ccccc3Oc3ccccc32)cc1. The molecule has 0 atom stereocenters. The van der Waals surface area contributed by atoms with E-state index in [1.807, 2.05) is 255 Å². The second-order valence-corrected chi connectivity index (χ2v) is 29.2. The zero-order chi connectivity index (χ0) is 78.9. The van der Waals surface area contributed by atoms with Gasteiger partial charge in [0.1, 0.15) is 12.1 Å². The molecule has 0 saturated heterocycles. The monoisotopic (exact) mass is 1510 g/mol. The number of hydrogen-bond acceptors (Lipinski definition) is 8. The molecule has 12 nitrogen and oxygen atoms in total. The van der Waals surface area contributed by atoms with Crippen LogP contribution >= 0.6 is 0 Å². The molecule has 6 heterocycles. The van der Waals surface area contributed by atoms with E-state index in [0.29, 0.717) is 44.8 Å². The van der Waals surface area contributed by atoms with Gasteiger partial charge in [0.2, 0.25) is 0 Å². The number of hydrogen-bond donors (Lipinski definition) is 0. The molecule has 2 aliphatic heterocycles. The summed E-state index contributed by atoms with van der Waals surface area (Å²) in [6.07, 6.45) is 0. The maximum atomic E-state index is 13.5. The Kier molecular flexibility index (Phi) is 17.0. The van der Waals surface area contributed by atoms with Gasteiger partial charge in [0, 0.05) is 88.1 Å². The number of anilines is 6. The highest BCUT2D eigenvalue weighted by molar-refractivity contribution is 6.14. The van der Waals surface area contributed by atoms with Gasteiger partial charge >= 0.3 is 0 Å². The summed E-state index contributed by atoms with van der Waals surface area (Å²) in [5, 5.41) is 30.0. The smallest absolute Gasteiger partial charge is 0.193 e. The molecule has 17 aromatic carbocycles. The number of benzene rings is 17. The van der Waals surface area contributed by atoms with Gasteiger partial charge in [-0.3, -0.25) is 9.59 Å². The molecule has 4 aromatic heterocycles. The number of ketones is 2.